The maximum absolute atomic E-state index is 13.4. The summed E-state index contributed by atoms with van der Waals surface area (Å²) in [5, 5.41) is 8.51. The van der Waals surface area contributed by atoms with Crippen molar-refractivity contribution >= 4 is 46.9 Å². The van der Waals surface area contributed by atoms with Gasteiger partial charge in [0.15, 0.2) is 11.5 Å². The predicted octanol–water partition coefficient (Wildman–Crippen LogP) is 6.46. The summed E-state index contributed by atoms with van der Waals surface area (Å²) in [6.45, 7) is 3.97. The van der Waals surface area contributed by atoms with E-state index in [0.29, 0.717) is 28.3 Å². The predicted molar refractivity (Wildman–Crippen MR) is 172 cm³/mol. The number of carbonyl (C=O) groups excluding carboxylic acids is 3. The Morgan fingerprint density at radius 2 is 1.56 bits per heavy atom. The number of amides is 3. The summed E-state index contributed by atoms with van der Waals surface area (Å²) in [6.07, 6.45) is 1.54. The van der Waals surface area contributed by atoms with Crippen LogP contribution in [0.5, 0.6) is 11.5 Å². The molecule has 0 radical (unpaired) electrons. The second-order valence-electron chi connectivity index (χ2n) is 9.59. The number of anilines is 2. The standard InChI is InChI=1S/C34H33N3O5S/c1-22-13-18-28(23(2)19-22)36-31(38)21-43-27-16-14-26(15-17-27)35-34(40)29(37-33(39)24-9-6-5-7-10-24)20-25-11-8-12-30(41-3)32(25)42-4/h5-20H,21H2,1-4H3,(H,35,40)(H,36,38)(H,37,39)/b29-20-. The fourth-order valence-electron chi connectivity index (χ4n) is 4.25. The van der Waals surface area contributed by atoms with Crippen LogP contribution in [-0.4, -0.2) is 37.7 Å². The van der Waals surface area contributed by atoms with Crippen LogP contribution >= 0.6 is 11.8 Å². The molecule has 0 heterocycles. The van der Waals surface area contributed by atoms with Crippen LogP contribution in [-0.2, 0) is 9.59 Å². The van der Waals surface area contributed by atoms with E-state index in [-0.39, 0.29) is 17.4 Å². The molecule has 0 aliphatic carbocycles. The normalized spacial score (nSPS) is 10.9. The van der Waals surface area contributed by atoms with Crippen LogP contribution in [0.4, 0.5) is 11.4 Å². The third-order valence-corrected chi connectivity index (χ3v) is 7.41. The number of ether oxygens (including phenoxy) is 2. The zero-order valence-electron chi connectivity index (χ0n) is 24.4. The summed E-state index contributed by atoms with van der Waals surface area (Å²) in [4.78, 5) is 39.8. The van der Waals surface area contributed by atoms with Crippen LogP contribution in [0.1, 0.15) is 27.0 Å². The first-order valence-electron chi connectivity index (χ1n) is 13.5. The second-order valence-corrected chi connectivity index (χ2v) is 10.6. The van der Waals surface area contributed by atoms with E-state index in [2.05, 4.69) is 16.0 Å². The number of benzene rings is 4. The largest absolute Gasteiger partial charge is 0.493 e. The van der Waals surface area contributed by atoms with Gasteiger partial charge in [0.2, 0.25) is 5.91 Å². The molecule has 0 saturated heterocycles. The van der Waals surface area contributed by atoms with Gasteiger partial charge in [0, 0.05) is 27.4 Å². The maximum Gasteiger partial charge on any atom is 0.272 e. The zero-order valence-corrected chi connectivity index (χ0v) is 25.2. The minimum atomic E-state index is -0.526. The average molecular weight is 596 g/mol. The highest BCUT2D eigenvalue weighted by Crippen LogP contribution is 2.32. The molecule has 0 aliphatic heterocycles. The molecule has 9 heteroatoms. The maximum atomic E-state index is 13.4. The number of carbonyl (C=O) groups is 3. The molecule has 4 aromatic rings. The third-order valence-electron chi connectivity index (χ3n) is 6.40. The SMILES string of the molecule is COc1cccc(/C=C(\NC(=O)c2ccccc2)C(=O)Nc2ccc(SCC(=O)Nc3ccc(C)cc3C)cc2)c1OC. The fraction of sp³-hybridized carbons (Fsp3) is 0.147. The first-order valence-corrected chi connectivity index (χ1v) is 14.5. The van der Waals surface area contributed by atoms with E-state index in [1.165, 1.54) is 32.1 Å². The molecular formula is C34H33N3O5S. The highest BCUT2D eigenvalue weighted by Gasteiger charge is 2.17. The molecule has 0 spiro atoms. The van der Waals surface area contributed by atoms with E-state index in [4.69, 9.17) is 9.47 Å². The monoisotopic (exact) mass is 595 g/mol. The molecule has 0 fully saturated rings. The minimum absolute atomic E-state index is 0.0157. The summed E-state index contributed by atoms with van der Waals surface area (Å²) in [5.74, 6) is 0.0801. The van der Waals surface area contributed by atoms with Crippen molar-refractivity contribution in [3.8, 4) is 11.5 Å². The first-order chi connectivity index (χ1) is 20.8. The molecule has 3 N–H and O–H groups in total. The Bertz CT molecular complexity index is 1640. The van der Waals surface area contributed by atoms with Gasteiger partial charge < -0.3 is 25.4 Å². The molecular weight excluding hydrogens is 562 g/mol. The van der Waals surface area contributed by atoms with Crippen molar-refractivity contribution in [1.82, 2.24) is 5.32 Å². The molecule has 0 saturated carbocycles. The average Bonchev–Trinajstić information content (AvgIpc) is 3.02. The van der Waals surface area contributed by atoms with E-state index in [9.17, 15) is 14.4 Å². The highest BCUT2D eigenvalue weighted by molar-refractivity contribution is 8.00. The van der Waals surface area contributed by atoms with Gasteiger partial charge in [-0.05, 0) is 74.0 Å². The quantitative estimate of drug-likeness (QED) is 0.136. The molecule has 8 nitrogen and oxygen atoms in total. The molecule has 220 valence electrons. The summed E-state index contributed by atoms with van der Waals surface area (Å²) < 4.78 is 10.9. The molecule has 0 atom stereocenters. The summed E-state index contributed by atoms with van der Waals surface area (Å²) >= 11 is 1.39. The summed E-state index contributed by atoms with van der Waals surface area (Å²) in [6, 6.07) is 26.9. The van der Waals surface area contributed by atoms with E-state index in [1.54, 1.807) is 60.7 Å². The van der Waals surface area contributed by atoms with Gasteiger partial charge in [-0.15, -0.1) is 11.8 Å². The van der Waals surface area contributed by atoms with Crippen molar-refractivity contribution in [2.75, 3.05) is 30.6 Å². The van der Waals surface area contributed by atoms with Crippen LogP contribution < -0.4 is 25.4 Å². The van der Waals surface area contributed by atoms with E-state index >= 15 is 0 Å². The van der Waals surface area contributed by atoms with Crippen molar-refractivity contribution in [2.24, 2.45) is 0 Å². The Morgan fingerprint density at radius 1 is 0.814 bits per heavy atom. The van der Waals surface area contributed by atoms with E-state index in [0.717, 1.165) is 21.7 Å². The van der Waals surface area contributed by atoms with Crippen LogP contribution in [0, 0.1) is 13.8 Å². The Labute approximate surface area is 255 Å². The van der Waals surface area contributed by atoms with E-state index < -0.39 is 11.8 Å². The Kier molecular flexibility index (Phi) is 10.6. The highest BCUT2D eigenvalue weighted by atomic mass is 32.2. The summed E-state index contributed by atoms with van der Waals surface area (Å²) in [5.41, 5.74) is 4.43. The fourth-order valence-corrected chi connectivity index (χ4v) is 4.94. The molecule has 4 aromatic carbocycles. The Hall–Kier alpha value is -5.02. The van der Waals surface area contributed by atoms with Gasteiger partial charge in [0.1, 0.15) is 5.70 Å². The van der Waals surface area contributed by atoms with Gasteiger partial charge >= 0.3 is 0 Å². The number of hydrogen-bond acceptors (Lipinski definition) is 6. The molecule has 0 bridgehead atoms. The Balaban J connectivity index is 1.46. The van der Waals surface area contributed by atoms with Crippen LogP contribution in [0.15, 0.2) is 102 Å². The van der Waals surface area contributed by atoms with Crippen molar-refractivity contribution in [2.45, 2.75) is 18.7 Å². The lowest BCUT2D eigenvalue weighted by atomic mass is 10.1. The number of rotatable bonds is 11. The summed E-state index contributed by atoms with van der Waals surface area (Å²) in [7, 11) is 3.03. The van der Waals surface area contributed by atoms with Gasteiger partial charge in [-0.2, -0.15) is 0 Å². The smallest absolute Gasteiger partial charge is 0.272 e. The third kappa shape index (κ3) is 8.50. The molecule has 0 unspecified atom stereocenters. The van der Waals surface area contributed by atoms with Crippen molar-refractivity contribution in [1.29, 1.82) is 0 Å². The molecule has 0 aliphatic rings. The molecule has 43 heavy (non-hydrogen) atoms. The van der Waals surface area contributed by atoms with Crippen LogP contribution in [0.3, 0.4) is 0 Å². The second kappa shape index (κ2) is 14.7. The number of thioether (sulfide) groups is 1. The lowest BCUT2D eigenvalue weighted by Gasteiger charge is -2.14. The van der Waals surface area contributed by atoms with Crippen molar-refractivity contribution in [3.63, 3.8) is 0 Å². The first kappa shape index (κ1) is 30.9. The molecule has 0 aromatic heterocycles. The topological polar surface area (TPSA) is 106 Å². The van der Waals surface area contributed by atoms with Gasteiger partial charge in [0.05, 0.1) is 20.0 Å². The zero-order chi connectivity index (χ0) is 30.8. The number of hydrogen-bond donors (Lipinski definition) is 3. The molecule has 4 rings (SSSR count). The van der Waals surface area contributed by atoms with Gasteiger partial charge in [-0.3, -0.25) is 14.4 Å². The lowest BCUT2D eigenvalue weighted by molar-refractivity contribution is -0.114. The number of para-hydroxylation sites is 1. The van der Waals surface area contributed by atoms with Gasteiger partial charge in [0.25, 0.3) is 11.8 Å². The minimum Gasteiger partial charge on any atom is -0.493 e. The Morgan fingerprint density at radius 3 is 2.23 bits per heavy atom. The van der Waals surface area contributed by atoms with E-state index in [1.807, 2.05) is 44.2 Å². The number of nitrogens with one attached hydrogen (secondary N) is 3. The lowest BCUT2D eigenvalue weighted by Crippen LogP contribution is -2.30. The van der Waals surface area contributed by atoms with Gasteiger partial charge in [-0.25, -0.2) is 0 Å². The van der Waals surface area contributed by atoms with Gasteiger partial charge in [-0.1, -0.05) is 48.0 Å². The van der Waals surface area contributed by atoms with Crippen LogP contribution in [0.25, 0.3) is 6.08 Å². The number of aryl methyl sites for hydroxylation is 2. The van der Waals surface area contributed by atoms with Crippen LogP contribution in [0.2, 0.25) is 0 Å². The van der Waals surface area contributed by atoms with Crippen molar-refractivity contribution in [3.05, 3.63) is 119 Å². The molecule has 3 amide bonds. The number of methoxy groups -OCH3 is 2. The van der Waals surface area contributed by atoms with Crippen molar-refractivity contribution < 1.29 is 23.9 Å².